The minimum atomic E-state index is -1.35. The molecule has 2 fully saturated rings. The van der Waals surface area contributed by atoms with E-state index in [1.54, 1.807) is 37.3 Å². The third kappa shape index (κ3) is 2.95. The van der Waals surface area contributed by atoms with Crippen LogP contribution in [0.2, 0.25) is 0 Å². The third-order valence-corrected chi connectivity index (χ3v) is 5.93. The highest BCUT2D eigenvalue weighted by Crippen LogP contribution is 2.51. The first kappa shape index (κ1) is 20.0. The average Bonchev–Trinajstić information content (AvgIpc) is 3.24. The van der Waals surface area contributed by atoms with E-state index in [4.69, 9.17) is 4.74 Å². The van der Waals surface area contributed by atoms with Gasteiger partial charge in [-0.1, -0.05) is 54.6 Å². The number of para-hydroxylation sites is 1. The number of esters is 1. The lowest BCUT2D eigenvalue weighted by atomic mass is 9.77. The summed E-state index contributed by atoms with van der Waals surface area (Å²) in [5, 5.41) is 3.33. The van der Waals surface area contributed by atoms with Crippen molar-refractivity contribution in [2.75, 3.05) is 11.5 Å². The third-order valence-electron chi connectivity index (χ3n) is 5.93. The molecule has 4 atom stereocenters. The van der Waals surface area contributed by atoms with E-state index in [0.717, 1.165) is 5.56 Å². The number of amides is 2. The highest BCUT2D eigenvalue weighted by molar-refractivity contribution is 6.24. The standard InChI is InChI=1S/C24H24N2O4/c1-3-15-24(23(29)30-4-2)19-18(20(25-24)16-11-7-5-8-12-16)21(27)26(22(19)28)17-13-9-6-10-14-17/h3,5-14,18-20,25H,1,4,15H2,2H3/t18-,19-,20-,24-/m1/s1. The molecule has 2 heterocycles. The van der Waals surface area contributed by atoms with Crippen LogP contribution in [0.5, 0.6) is 0 Å². The topological polar surface area (TPSA) is 75.7 Å². The number of rotatable bonds is 6. The SMILES string of the molecule is C=CC[C@@]1(C(=O)OCC)N[C@H](c2ccccc2)[C@@H]2C(=O)N(c3ccccc3)C(=O)[C@@H]21. The molecule has 2 amide bonds. The lowest BCUT2D eigenvalue weighted by Crippen LogP contribution is -2.56. The predicted octanol–water partition coefficient (Wildman–Crippen LogP) is 3.01. The monoisotopic (exact) mass is 404 g/mol. The lowest BCUT2D eigenvalue weighted by molar-refractivity contribution is -0.154. The smallest absolute Gasteiger partial charge is 0.327 e. The number of benzene rings is 2. The van der Waals surface area contributed by atoms with Gasteiger partial charge in [0.1, 0.15) is 5.54 Å². The Morgan fingerprint density at radius 1 is 1.10 bits per heavy atom. The van der Waals surface area contributed by atoms with Crippen molar-refractivity contribution in [3.63, 3.8) is 0 Å². The second-order valence-electron chi connectivity index (χ2n) is 7.57. The molecule has 2 aromatic rings. The van der Waals surface area contributed by atoms with Crippen LogP contribution >= 0.6 is 0 Å². The summed E-state index contributed by atoms with van der Waals surface area (Å²) in [5.74, 6) is -2.84. The second-order valence-corrected chi connectivity index (χ2v) is 7.57. The molecule has 0 aromatic heterocycles. The van der Waals surface area contributed by atoms with Crippen molar-refractivity contribution in [3.8, 4) is 0 Å². The van der Waals surface area contributed by atoms with Crippen LogP contribution in [0.1, 0.15) is 24.9 Å². The van der Waals surface area contributed by atoms with Crippen LogP contribution in [0.4, 0.5) is 5.69 Å². The van der Waals surface area contributed by atoms with Gasteiger partial charge < -0.3 is 4.74 Å². The van der Waals surface area contributed by atoms with Crippen molar-refractivity contribution in [1.82, 2.24) is 5.32 Å². The maximum atomic E-state index is 13.6. The Hall–Kier alpha value is -3.25. The number of anilines is 1. The zero-order valence-corrected chi connectivity index (χ0v) is 16.8. The lowest BCUT2D eigenvalue weighted by Gasteiger charge is -2.32. The maximum absolute atomic E-state index is 13.6. The summed E-state index contributed by atoms with van der Waals surface area (Å²) >= 11 is 0. The minimum Gasteiger partial charge on any atom is -0.465 e. The van der Waals surface area contributed by atoms with E-state index >= 15 is 0 Å². The number of carbonyl (C=O) groups is 3. The average molecular weight is 404 g/mol. The fourth-order valence-corrected chi connectivity index (χ4v) is 4.73. The van der Waals surface area contributed by atoms with E-state index in [2.05, 4.69) is 11.9 Å². The molecule has 2 aromatic carbocycles. The van der Waals surface area contributed by atoms with Gasteiger partial charge in [-0.15, -0.1) is 6.58 Å². The molecular weight excluding hydrogens is 380 g/mol. The van der Waals surface area contributed by atoms with Crippen molar-refractivity contribution < 1.29 is 19.1 Å². The number of hydrogen-bond donors (Lipinski definition) is 1. The van der Waals surface area contributed by atoms with Crippen molar-refractivity contribution in [2.24, 2.45) is 11.8 Å². The molecule has 0 bridgehead atoms. The van der Waals surface area contributed by atoms with Crippen LogP contribution in [-0.4, -0.2) is 29.9 Å². The van der Waals surface area contributed by atoms with E-state index in [1.807, 2.05) is 36.4 Å². The van der Waals surface area contributed by atoms with Crippen LogP contribution < -0.4 is 10.2 Å². The zero-order chi connectivity index (χ0) is 21.3. The number of carbonyl (C=O) groups excluding carboxylic acids is 3. The van der Waals surface area contributed by atoms with Gasteiger partial charge in [-0.3, -0.25) is 19.7 Å². The molecule has 6 heteroatoms. The first-order valence-corrected chi connectivity index (χ1v) is 10.1. The molecule has 0 saturated carbocycles. The van der Waals surface area contributed by atoms with E-state index in [-0.39, 0.29) is 18.9 Å². The van der Waals surface area contributed by atoms with Crippen LogP contribution in [0.3, 0.4) is 0 Å². The molecular formula is C24H24N2O4. The predicted molar refractivity (Wildman–Crippen MR) is 112 cm³/mol. The number of hydrogen-bond acceptors (Lipinski definition) is 5. The number of fused-ring (bicyclic) bond motifs is 1. The Kier molecular flexibility index (Phi) is 5.26. The molecule has 30 heavy (non-hydrogen) atoms. The molecule has 0 spiro atoms. The molecule has 2 aliphatic heterocycles. The molecule has 0 radical (unpaired) electrons. The number of nitrogens with zero attached hydrogens (tertiary/aromatic N) is 1. The van der Waals surface area contributed by atoms with Gasteiger partial charge in [0, 0.05) is 6.04 Å². The first-order valence-electron chi connectivity index (χ1n) is 10.1. The van der Waals surface area contributed by atoms with E-state index in [9.17, 15) is 14.4 Å². The van der Waals surface area contributed by atoms with Gasteiger partial charge in [-0.05, 0) is 31.0 Å². The summed E-state index contributed by atoms with van der Waals surface area (Å²) in [6.45, 7) is 5.69. The normalized spacial score (nSPS) is 27.8. The van der Waals surface area contributed by atoms with Crippen molar-refractivity contribution >= 4 is 23.5 Å². The molecule has 1 N–H and O–H groups in total. The summed E-state index contributed by atoms with van der Waals surface area (Å²) in [5.41, 5.74) is 0.00280. The van der Waals surface area contributed by atoms with Crippen molar-refractivity contribution in [2.45, 2.75) is 24.9 Å². The molecule has 4 rings (SSSR count). The second kappa shape index (κ2) is 7.88. The summed E-state index contributed by atoms with van der Waals surface area (Å²) < 4.78 is 5.37. The Morgan fingerprint density at radius 2 is 1.73 bits per heavy atom. The Morgan fingerprint density at radius 3 is 2.33 bits per heavy atom. The molecule has 0 unspecified atom stereocenters. The highest BCUT2D eigenvalue weighted by Gasteiger charge is 2.68. The van der Waals surface area contributed by atoms with Crippen molar-refractivity contribution in [1.29, 1.82) is 0 Å². The van der Waals surface area contributed by atoms with E-state index in [1.165, 1.54) is 4.90 Å². The molecule has 2 aliphatic rings. The fourth-order valence-electron chi connectivity index (χ4n) is 4.73. The van der Waals surface area contributed by atoms with Crippen LogP contribution in [0.15, 0.2) is 73.3 Å². The van der Waals surface area contributed by atoms with Gasteiger partial charge in [0.2, 0.25) is 11.8 Å². The van der Waals surface area contributed by atoms with Crippen molar-refractivity contribution in [3.05, 3.63) is 78.9 Å². The summed E-state index contributed by atoms with van der Waals surface area (Å²) in [7, 11) is 0. The Balaban J connectivity index is 1.86. The summed E-state index contributed by atoms with van der Waals surface area (Å²) in [6.07, 6.45) is 1.77. The van der Waals surface area contributed by atoms with Gasteiger partial charge in [-0.25, -0.2) is 4.90 Å². The number of imide groups is 1. The molecule has 2 saturated heterocycles. The molecule has 6 nitrogen and oxygen atoms in total. The minimum absolute atomic E-state index is 0.178. The molecule has 0 aliphatic carbocycles. The Bertz CT molecular complexity index is 975. The quantitative estimate of drug-likeness (QED) is 0.455. The highest BCUT2D eigenvalue weighted by atomic mass is 16.5. The maximum Gasteiger partial charge on any atom is 0.327 e. The van der Waals surface area contributed by atoms with Crippen LogP contribution in [-0.2, 0) is 19.1 Å². The van der Waals surface area contributed by atoms with Gasteiger partial charge in [0.15, 0.2) is 0 Å². The summed E-state index contributed by atoms with van der Waals surface area (Å²) in [4.78, 5) is 41.5. The van der Waals surface area contributed by atoms with Crippen LogP contribution in [0.25, 0.3) is 0 Å². The van der Waals surface area contributed by atoms with Gasteiger partial charge in [-0.2, -0.15) is 0 Å². The van der Waals surface area contributed by atoms with Gasteiger partial charge in [0.05, 0.1) is 24.1 Å². The van der Waals surface area contributed by atoms with Gasteiger partial charge >= 0.3 is 5.97 Å². The molecule has 154 valence electrons. The fraction of sp³-hybridized carbons (Fsp3) is 0.292. The van der Waals surface area contributed by atoms with E-state index in [0.29, 0.717) is 5.69 Å². The number of ether oxygens (including phenoxy) is 1. The van der Waals surface area contributed by atoms with Crippen LogP contribution in [0, 0.1) is 11.8 Å². The zero-order valence-electron chi connectivity index (χ0n) is 16.8. The first-order chi connectivity index (χ1) is 14.5. The van der Waals surface area contributed by atoms with E-state index < -0.39 is 35.3 Å². The van der Waals surface area contributed by atoms with Gasteiger partial charge in [0.25, 0.3) is 0 Å². The number of nitrogens with one attached hydrogen (secondary N) is 1. The summed E-state index contributed by atoms with van der Waals surface area (Å²) in [6, 6.07) is 17.8. The Labute approximate surface area is 175 Å². The largest absolute Gasteiger partial charge is 0.465 e.